The number of hydrogen-bond donors (Lipinski definition) is 1. The Labute approximate surface area is 66.4 Å². The summed E-state index contributed by atoms with van der Waals surface area (Å²) in [5, 5.41) is 2.78. The molecule has 0 aromatic carbocycles. The first-order valence-electron chi connectivity index (χ1n) is 3.54. The van der Waals surface area contributed by atoms with Crippen molar-refractivity contribution >= 4 is 5.91 Å². The van der Waals surface area contributed by atoms with Crippen LogP contribution in [0.25, 0.3) is 0 Å². The van der Waals surface area contributed by atoms with Crippen LogP contribution in [-0.4, -0.2) is 24.0 Å². The average molecular weight is 152 g/mol. The monoisotopic (exact) mass is 152 g/mol. The van der Waals surface area contributed by atoms with Crippen LogP contribution >= 0.6 is 0 Å². The summed E-state index contributed by atoms with van der Waals surface area (Å²) in [6.07, 6.45) is 7.71. The highest BCUT2D eigenvalue weighted by molar-refractivity contribution is 5.73. The molecule has 0 saturated carbocycles. The van der Waals surface area contributed by atoms with Crippen LogP contribution < -0.4 is 5.32 Å². The lowest BCUT2D eigenvalue weighted by Crippen LogP contribution is -2.42. The zero-order valence-electron chi connectivity index (χ0n) is 6.74. The van der Waals surface area contributed by atoms with Crippen LogP contribution in [-0.2, 0) is 4.79 Å². The van der Waals surface area contributed by atoms with Gasteiger partial charge >= 0.3 is 0 Å². The minimum Gasteiger partial charge on any atom is -0.357 e. The third kappa shape index (κ3) is 2.11. The van der Waals surface area contributed by atoms with Gasteiger partial charge in [-0.1, -0.05) is 6.08 Å². The van der Waals surface area contributed by atoms with E-state index in [9.17, 15) is 4.79 Å². The molecule has 0 spiro atoms. The summed E-state index contributed by atoms with van der Waals surface area (Å²) < 4.78 is 0. The second-order valence-electron chi connectivity index (χ2n) is 2.54. The topological polar surface area (TPSA) is 32.3 Å². The normalized spacial score (nSPS) is 22.0. The van der Waals surface area contributed by atoms with E-state index in [0.717, 1.165) is 0 Å². The molecule has 3 heteroatoms. The molecule has 1 unspecified atom stereocenters. The van der Waals surface area contributed by atoms with E-state index in [1.807, 2.05) is 36.4 Å². The van der Waals surface area contributed by atoms with Gasteiger partial charge in [-0.3, -0.25) is 4.79 Å². The number of allylic oxidation sites excluding steroid dienone is 2. The van der Waals surface area contributed by atoms with Gasteiger partial charge in [-0.25, -0.2) is 0 Å². The number of carbonyl (C=O) groups excluding carboxylic acids is 1. The molecule has 1 aliphatic heterocycles. The van der Waals surface area contributed by atoms with Crippen molar-refractivity contribution in [1.29, 1.82) is 0 Å². The molecule has 0 bridgehead atoms. The molecule has 1 heterocycles. The molecule has 60 valence electrons. The fraction of sp³-hybridized carbons (Fsp3) is 0.375. The molecule has 1 N–H and O–H groups in total. The molecule has 1 rings (SSSR count). The van der Waals surface area contributed by atoms with Gasteiger partial charge in [0.1, 0.15) is 6.17 Å². The maximum Gasteiger partial charge on any atom is 0.218 e. The van der Waals surface area contributed by atoms with Crippen LogP contribution in [0.5, 0.6) is 0 Å². The maximum atomic E-state index is 10.7. The average Bonchev–Trinajstić information content (AvgIpc) is 1.93. The van der Waals surface area contributed by atoms with E-state index in [1.54, 1.807) is 0 Å². The van der Waals surface area contributed by atoms with Crippen molar-refractivity contribution in [1.82, 2.24) is 10.2 Å². The molecule has 0 saturated heterocycles. The van der Waals surface area contributed by atoms with Crippen LogP contribution in [0.15, 0.2) is 24.4 Å². The van der Waals surface area contributed by atoms with Gasteiger partial charge in [0.25, 0.3) is 0 Å². The second kappa shape index (κ2) is 3.23. The number of rotatable bonds is 1. The largest absolute Gasteiger partial charge is 0.357 e. The van der Waals surface area contributed by atoms with E-state index >= 15 is 0 Å². The Kier molecular flexibility index (Phi) is 2.31. The van der Waals surface area contributed by atoms with Crippen molar-refractivity contribution < 1.29 is 4.79 Å². The summed E-state index contributed by atoms with van der Waals surface area (Å²) in [6.45, 7) is 1.51. The highest BCUT2D eigenvalue weighted by atomic mass is 16.1. The Balaban J connectivity index is 2.52. The van der Waals surface area contributed by atoms with Gasteiger partial charge in [0.2, 0.25) is 5.91 Å². The fourth-order valence-corrected chi connectivity index (χ4v) is 0.942. The molecule has 0 radical (unpaired) electrons. The Morgan fingerprint density at radius 1 is 1.55 bits per heavy atom. The fourth-order valence-electron chi connectivity index (χ4n) is 0.942. The quantitative estimate of drug-likeness (QED) is 0.592. The highest BCUT2D eigenvalue weighted by Crippen LogP contribution is 2.01. The minimum atomic E-state index is -0.0122. The lowest BCUT2D eigenvalue weighted by Gasteiger charge is -2.26. The van der Waals surface area contributed by atoms with Gasteiger partial charge in [-0.05, 0) is 12.2 Å². The summed E-state index contributed by atoms with van der Waals surface area (Å²) >= 11 is 0. The Hall–Kier alpha value is -1.25. The zero-order valence-corrected chi connectivity index (χ0v) is 6.74. The molecule has 3 nitrogen and oxygen atoms in total. The highest BCUT2D eigenvalue weighted by Gasteiger charge is 2.09. The van der Waals surface area contributed by atoms with Gasteiger partial charge in [-0.15, -0.1) is 0 Å². The van der Waals surface area contributed by atoms with Gasteiger partial charge in [-0.2, -0.15) is 0 Å². The van der Waals surface area contributed by atoms with Crippen molar-refractivity contribution in [3.8, 4) is 0 Å². The van der Waals surface area contributed by atoms with Crippen molar-refractivity contribution in [2.75, 3.05) is 7.05 Å². The van der Waals surface area contributed by atoms with Crippen LogP contribution in [0.3, 0.4) is 0 Å². The number of nitrogens with one attached hydrogen (secondary N) is 1. The van der Waals surface area contributed by atoms with Gasteiger partial charge in [0.05, 0.1) is 0 Å². The summed E-state index contributed by atoms with van der Waals surface area (Å²) in [4.78, 5) is 12.6. The number of carbonyl (C=O) groups is 1. The Morgan fingerprint density at radius 2 is 2.27 bits per heavy atom. The number of hydrogen-bond acceptors (Lipinski definition) is 2. The predicted molar refractivity (Wildman–Crippen MR) is 43.6 cm³/mol. The second-order valence-corrected chi connectivity index (χ2v) is 2.54. The molecule has 0 aromatic rings. The van der Waals surface area contributed by atoms with E-state index in [4.69, 9.17) is 0 Å². The van der Waals surface area contributed by atoms with Crippen molar-refractivity contribution in [2.24, 2.45) is 0 Å². The minimum absolute atomic E-state index is 0.0116. The molecule has 1 atom stereocenters. The first kappa shape index (κ1) is 7.85. The number of likely N-dealkylation sites (N-methyl/N-ethyl adjacent to an activating group) is 1. The van der Waals surface area contributed by atoms with Gasteiger partial charge in [0.15, 0.2) is 0 Å². The SMILES string of the molecule is CC(=O)NC1C=CC=CN1C. The molecular weight excluding hydrogens is 140 g/mol. The maximum absolute atomic E-state index is 10.7. The van der Waals surface area contributed by atoms with E-state index in [-0.39, 0.29) is 12.1 Å². The van der Waals surface area contributed by atoms with E-state index in [1.165, 1.54) is 6.92 Å². The standard InChI is InChI=1S/C8H12N2O/c1-7(11)9-8-5-3-4-6-10(8)2/h3-6,8H,1-2H3,(H,9,11). The van der Waals surface area contributed by atoms with Crippen LogP contribution in [0, 0.1) is 0 Å². The van der Waals surface area contributed by atoms with E-state index < -0.39 is 0 Å². The third-order valence-corrected chi connectivity index (χ3v) is 1.52. The summed E-state index contributed by atoms with van der Waals surface area (Å²) in [7, 11) is 1.92. The molecule has 0 fully saturated rings. The molecule has 1 amide bonds. The van der Waals surface area contributed by atoms with Crippen molar-refractivity contribution in [2.45, 2.75) is 13.1 Å². The molecule has 11 heavy (non-hydrogen) atoms. The first-order chi connectivity index (χ1) is 5.20. The van der Waals surface area contributed by atoms with Gasteiger partial charge in [0, 0.05) is 20.2 Å². The van der Waals surface area contributed by atoms with E-state index in [2.05, 4.69) is 5.32 Å². The zero-order chi connectivity index (χ0) is 8.27. The molecular formula is C8H12N2O. The van der Waals surface area contributed by atoms with Crippen LogP contribution in [0.2, 0.25) is 0 Å². The van der Waals surface area contributed by atoms with Crippen LogP contribution in [0.4, 0.5) is 0 Å². The lowest BCUT2D eigenvalue weighted by molar-refractivity contribution is -0.120. The van der Waals surface area contributed by atoms with Crippen LogP contribution in [0.1, 0.15) is 6.92 Å². The molecule has 1 aliphatic rings. The van der Waals surface area contributed by atoms with Crippen molar-refractivity contribution in [3.63, 3.8) is 0 Å². The summed E-state index contributed by atoms with van der Waals surface area (Å²) in [5.41, 5.74) is 0. The molecule has 0 aromatic heterocycles. The lowest BCUT2D eigenvalue weighted by atomic mass is 10.3. The Morgan fingerprint density at radius 3 is 2.82 bits per heavy atom. The molecule has 0 aliphatic carbocycles. The summed E-state index contributed by atoms with van der Waals surface area (Å²) in [6, 6.07) is 0. The third-order valence-electron chi connectivity index (χ3n) is 1.52. The first-order valence-corrected chi connectivity index (χ1v) is 3.54. The number of amides is 1. The van der Waals surface area contributed by atoms with Gasteiger partial charge < -0.3 is 10.2 Å². The van der Waals surface area contributed by atoms with E-state index in [0.29, 0.717) is 0 Å². The number of nitrogens with zero attached hydrogens (tertiary/aromatic N) is 1. The predicted octanol–water partition coefficient (Wildman–Crippen LogP) is 0.464. The summed E-state index contributed by atoms with van der Waals surface area (Å²) in [5.74, 6) is -0.0122. The smallest absolute Gasteiger partial charge is 0.218 e. The van der Waals surface area contributed by atoms with Crippen molar-refractivity contribution in [3.05, 3.63) is 24.4 Å². The Bertz CT molecular complexity index is 208.